The number of hydrogen-bond acceptors (Lipinski definition) is 3. The van der Waals surface area contributed by atoms with Crippen molar-refractivity contribution in [3.8, 4) is 22.6 Å². The Morgan fingerprint density at radius 3 is 2.13 bits per heavy atom. The van der Waals surface area contributed by atoms with Gasteiger partial charge >= 0.3 is 0 Å². The van der Waals surface area contributed by atoms with Crippen molar-refractivity contribution in [2.45, 2.75) is 44.4 Å². The fraction of sp³-hybridized carbons (Fsp3) is 0.296. The van der Waals surface area contributed by atoms with Crippen molar-refractivity contribution in [1.82, 2.24) is 0 Å². The highest BCUT2D eigenvalue weighted by molar-refractivity contribution is 5.94. The fourth-order valence-electron chi connectivity index (χ4n) is 4.28. The van der Waals surface area contributed by atoms with Gasteiger partial charge in [-0.3, -0.25) is 4.79 Å². The number of Topliss-reactive ketones (excluding diaryl/α,β-unsaturated/α-hetero) is 1. The Labute approximate surface area is 177 Å². The lowest BCUT2D eigenvalue weighted by Gasteiger charge is -2.15. The van der Waals surface area contributed by atoms with E-state index in [1.165, 1.54) is 16.7 Å². The fourth-order valence-corrected chi connectivity index (χ4v) is 4.28. The first kappa shape index (κ1) is 18.9. The number of hydrogen-bond donors (Lipinski definition) is 0. The van der Waals surface area contributed by atoms with Crippen LogP contribution in [0.15, 0.2) is 66.7 Å². The van der Waals surface area contributed by atoms with Gasteiger partial charge in [-0.1, -0.05) is 68.4 Å². The van der Waals surface area contributed by atoms with Gasteiger partial charge < -0.3 is 9.47 Å². The first-order valence-corrected chi connectivity index (χ1v) is 10.7. The van der Waals surface area contributed by atoms with E-state index in [-0.39, 0.29) is 18.0 Å². The van der Waals surface area contributed by atoms with Crippen molar-refractivity contribution < 1.29 is 14.3 Å². The lowest BCUT2D eigenvalue weighted by Crippen LogP contribution is -2.22. The second-order valence-corrected chi connectivity index (χ2v) is 8.72. The van der Waals surface area contributed by atoms with E-state index in [4.69, 9.17) is 9.47 Å². The summed E-state index contributed by atoms with van der Waals surface area (Å²) in [5.41, 5.74) is 5.49. The summed E-state index contributed by atoms with van der Waals surface area (Å²) < 4.78 is 10.9. The van der Waals surface area contributed by atoms with Gasteiger partial charge in [0.15, 0.2) is 11.5 Å². The number of carbonyl (C=O) groups excluding carboxylic acids is 1. The van der Waals surface area contributed by atoms with Crippen LogP contribution in [-0.2, 0) is 16.6 Å². The van der Waals surface area contributed by atoms with Crippen molar-refractivity contribution in [2.24, 2.45) is 0 Å². The minimum atomic E-state index is -0.355. The summed E-state index contributed by atoms with van der Waals surface area (Å²) in [7, 11) is 0. The Kier molecular flexibility index (Phi) is 4.62. The first-order valence-electron chi connectivity index (χ1n) is 10.7. The van der Waals surface area contributed by atoms with Crippen LogP contribution in [-0.4, -0.2) is 12.6 Å². The third-order valence-electron chi connectivity index (χ3n) is 6.44. The monoisotopic (exact) mass is 398 g/mol. The molecule has 5 rings (SSSR count). The Balaban J connectivity index is 1.30. The van der Waals surface area contributed by atoms with Gasteiger partial charge in [-0.15, -0.1) is 0 Å². The van der Waals surface area contributed by atoms with E-state index in [2.05, 4.69) is 62.4 Å². The molecule has 0 bridgehead atoms. The smallest absolute Gasteiger partial charge is 0.231 e. The van der Waals surface area contributed by atoms with Gasteiger partial charge in [-0.25, -0.2) is 0 Å². The molecule has 3 aromatic rings. The normalized spacial score (nSPS) is 16.0. The lowest BCUT2D eigenvalue weighted by atomic mass is 9.87. The summed E-state index contributed by atoms with van der Waals surface area (Å²) >= 11 is 0. The minimum absolute atomic E-state index is 0.256. The molecule has 1 aliphatic carbocycles. The zero-order valence-electron chi connectivity index (χ0n) is 17.5. The molecule has 0 N–H and O–H groups in total. The summed E-state index contributed by atoms with van der Waals surface area (Å²) in [6.07, 6.45) is 2.28. The molecule has 0 amide bonds. The standard InChI is InChI=1S/C27H26O3/c1-18(2)20-7-9-22(10-8-20)21-5-3-19(4-6-21)15-26(28)27(13-14-27)23-11-12-24-25(16-23)30-17-29-24/h3-12,16,18H,13-15,17H2,1-2H3. The van der Waals surface area contributed by atoms with E-state index in [9.17, 15) is 4.79 Å². The minimum Gasteiger partial charge on any atom is -0.454 e. The molecule has 3 heteroatoms. The third-order valence-corrected chi connectivity index (χ3v) is 6.44. The molecule has 30 heavy (non-hydrogen) atoms. The maximum absolute atomic E-state index is 13.2. The molecule has 0 atom stereocenters. The van der Waals surface area contributed by atoms with E-state index < -0.39 is 0 Å². The summed E-state index contributed by atoms with van der Waals surface area (Å²) in [5, 5.41) is 0. The Morgan fingerprint density at radius 1 is 0.867 bits per heavy atom. The molecule has 3 aromatic carbocycles. The molecule has 0 radical (unpaired) electrons. The highest BCUT2D eigenvalue weighted by atomic mass is 16.7. The summed E-state index contributed by atoms with van der Waals surface area (Å²) in [4.78, 5) is 13.2. The molecule has 0 aromatic heterocycles. The van der Waals surface area contributed by atoms with Crippen molar-refractivity contribution in [3.63, 3.8) is 0 Å². The highest BCUT2D eigenvalue weighted by Crippen LogP contribution is 2.51. The second-order valence-electron chi connectivity index (χ2n) is 8.72. The first-order chi connectivity index (χ1) is 14.5. The van der Waals surface area contributed by atoms with Gasteiger partial charge in [0.05, 0.1) is 5.41 Å². The zero-order valence-corrected chi connectivity index (χ0v) is 17.5. The van der Waals surface area contributed by atoms with Gasteiger partial charge in [0.25, 0.3) is 0 Å². The van der Waals surface area contributed by atoms with Gasteiger partial charge in [-0.05, 0) is 58.7 Å². The van der Waals surface area contributed by atoms with Crippen LogP contribution in [0.4, 0.5) is 0 Å². The largest absolute Gasteiger partial charge is 0.454 e. The summed E-state index contributed by atoms with van der Waals surface area (Å²) in [6, 6.07) is 23.1. The number of benzene rings is 3. The van der Waals surface area contributed by atoms with E-state index in [0.717, 1.165) is 35.5 Å². The second kappa shape index (κ2) is 7.32. The average Bonchev–Trinajstić information content (AvgIpc) is 3.45. The van der Waals surface area contributed by atoms with Crippen LogP contribution in [0.25, 0.3) is 11.1 Å². The van der Waals surface area contributed by atoms with Crippen LogP contribution in [0.5, 0.6) is 11.5 Å². The van der Waals surface area contributed by atoms with E-state index in [0.29, 0.717) is 12.3 Å². The molecule has 1 heterocycles. The maximum Gasteiger partial charge on any atom is 0.231 e. The molecule has 1 aliphatic heterocycles. The average molecular weight is 399 g/mol. The molecular weight excluding hydrogens is 372 g/mol. The van der Waals surface area contributed by atoms with Gasteiger partial charge in [0.1, 0.15) is 5.78 Å². The Morgan fingerprint density at radius 2 is 1.50 bits per heavy atom. The molecule has 0 saturated heterocycles. The predicted molar refractivity (Wildman–Crippen MR) is 118 cm³/mol. The van der Waals surface area contributed by atoms with E-state index >= 15 is 0 Å². The number of fused-ring (bicyclic) bond motifs is 1. The van der Waals surface area contributed by atoms with E-state index in [1.807, 2.05) is 18.2 Å². The Hall–Kier alpha value is -3.07. The maximum atomic E-state index is 13.2. The SMILES string of the molecule is CC(C)c1ccc(-c2ccc(CC(=O)C3(c4ccc5c(c4)OCO5)CC3)cc2)cc1. The van der Waals surface area contributed by atoms with Crippen molar-refractivity contribution in [1.29, 1.82) is 0 Å². The molecule has 152 valence electrons. The number of carbonyl (C=O) groups is 1. The molecule has 2 aliphatic rings. The summed E-state index contributed by atoms with van der Waals surface area (Å²) in [6.45, 7) is 4.67. The van der Waals surface area contributed by atoms with Gasteiger partial charge in [0, 0.05) is 6.42 Å². The molecule has 0 spiro atoms. The molecule has 0 unspecified atom stereocenters. The van der Waals surface area contributed by atoms with Gasteiger partial charge in [0.2, 0.25) is 6.79 Å². The highest BCUT2D eigenvalue weighted by Gasteiger charge is 2.50. The Bertz CT molecular complexity index is 1070. The molecular formula is C27H26O3. The van der Waals surface area contributed by atoms with Crippen molar-refractivity contribution >= 4 is 5.78 Å². The van der Waals surface area contributed by atoms with Crippen molar-refractivity contribution in [3.05, 3.63) is 83.4 Å². The summed E-state index contributed by atoms with van der Waals surface area (Å²) in [5.74, 6) is 2.33. The number of ether oxygens (including phenoxy) is 2. The zero-order chi connectivity index (χ0) is 20.7. The van der Waals surface area contributed by atoms with Crippen LogP contribution in [0, 0.1) is 0 Å². The van der Waals surface area contributed by atoms with Crippen LogP contribution in [0.2, 0.25) is 0 Å². The van der Waals surface area contributed by atoms with E-state index in [1.54, 1.807) is 0 Å². The van der Waals surface area contributed by atoms with Gasteiger partial charge in [-0.2, -0.15) is 0 Å². The topological polar surface area (TPSA) is 35.5 Å². The molecule has 1 saturated carbocycles. The lowest BCUT2D eigenvalue weighted by molar-refractivity contribution is -0.120. The van der Waals surface area contributed by atoms with Crippen LogP contribution < -0.4 is 9.47 Å². The number of rotatable bonds is 6. The van der Waals surface area contributed by atoms with Crippen LogP contribution in [0.1, 0.15) is 49.3 Å². The van der Waals surface area contributed by atoms with Crippen LogP contribution in [0.3, 0.4) is 0 Å². The molecule has 1 fully saturated rings. The third kappa shape index (κ3) is 3.39. The number of ketones is 1. The van der Waals surface area contributed by atoms with Crippen molar-refractivity contribution in [2.75, 3.05) is 6.79 Å². The molecule has 3 nitrogen and oxygen atoms in total. The van der Waals surface area contributed by atoms with Crippen LogP contribution >= 0.6 is 0 Å². The quantitative estimate of drug-likeness (QED) is 0.507. The predicted octanol–water partition coefficient (Wildman–Crippen LogP) is 6.05.